The third-order valence-corrected chi connectivity index (χ3v) is 3.36. The van der Waals surface area contributed by atoms with Gasteiger partial charge in [0.1, 0.15) is 5.01 Å². The summed E-state index contributed by atoms with van der Waals surface area (Å²) in [5.41, 5.74) is 1.53. The molecule has 0 atom stereocenters. The first-order chi connectivity index (χ1) is 8.15. The summed E-state index contributed by atoms with van der Waals surface area (Å²) in [6.45, 7) is 2.38. The SMILES string of the molecule is Cc1csc(CNC(=O)c2cccc(Cl)c2)n1. The van der Waals surface area contributed by atoms with Crippen molar-refractivity contribution in [1.29, 1.82) is 0 Å². The maximum Gasteiger partial charge on any atom is 0.251 e. The highest BCUT2D eigenvalue weighted by molar-refractivity contribution is 7.09. The summed E-state index contributed by atoms with van der Waals surface area (Å²) in [4.78, 5) is 16.1. The number of halogens is 1. The number of hydrogen-bond acceptors (Lipinski definition) is 3. The van der Waals surface area contributed by atoms with Gasteiger partial charge < -0.3 is 5.32 Å². The highest BCUT2D eigenvalue weighted by Crippen LogP contribution is 2.11. The Balaban J connectivity index is 1.98. The molecule has 0 saturated heterocycles. The molecule has 17 heavy (non-hydrogen) atoms. The number of benzene rings is 1. The summed E-state index contributed by atoms with van der Waals surface area (Å²) >= 11 is 7.36. The molecule has 1 aromatic carbocycles. The Morgan fingerprint density at radius 2 is 2.35 bits per heavy atom. The molecule has 0 saturated carbocycles. The molecule has 0 aliphatic rings. The van der Waals surface area contributed by atoms with E-state index in [0.29, 0.717) is 17.1 Å². The number of aryl methyl sites for hydroxylation is 1. The molecule has 0 fully saturated rings. The van der Waals surface area contributed by atoms with Crippen molar-refractivity contribution in [2.24, 2.45) is 0 Å². The summed E-state index contributed by atoms with van der Waals surface area (Å²) in [5, 5.41) is 6.22. The topological polar surface area (TPSA) is 42.0 Å². The van der Waals surface area contributed by atoms with Crippen LogP contribution in [-0.4, -0.2) is 10.9 Å². The zero-order valence-corrected chi connectivity index (χ0v) is 10.8. The lowest BCUT2D eigenvalue weighted by molar-refractivity contribution is 0.0951. The number of rotatable bonds is 3. The lowest BCUT2D eigenvalue weighted by Crippen LogP contribution is -2.22. The monoisotopic (exact) mass is 266 g/mol. The number of nitrogens with one attached hydrogen (secondary N) is 1. The highest BCUT2D eigenvalue weighted by Gasteiger charge is 2.06. The van der Waals surface area contributed by atoms with Gasteiger partial charge in [-0.05, 0) is 25.1 Å². The first-order valence-corrected chi connectivity index (χ1v) is 6.35. The van der Waals surface area contributed by atoms with Crippen LogP contribution in [0.5, 0.6) is 0 Å². The minimum Gasteiger partial charge on any atom is -0.346 e. The van der Waals surface area contributed by atoms with Gasteiger partial charge in [-0.15, -0.1) is 11.3 Å². The second-order valence-corrected chi connectivity index (χ2v) is 4.95. The number of thiazole rings is 1. The van der Waals surface area contributed by atoms with Crippen molar-refractivity contribution >= 4 is 28.8 Å². The van der Waals surface area contributed by atoms with Crippen LogP contribution in [0.1, 0.15) is 21.1 Å². The minimum absolute atomic E-state index is 0.139. The largest absolute Gasteiger partial charge is 0.346 e. The van der Waals surface area contributed by atoms with Crippen LogP contribution < -0.4 is 5.32 Å². The van der Waals surface area contributed by atoms with Crippen LogP contribution >= 0.6 is 22.9 Å². The molecule has 3 nitrogen and oxygen atoms in total. The van der Waals surface area contributed by atoms with E-state index in [0.717, 1.165) is 10.7 Å². The summed E-state index contributed by atoms with van der Waals surface area (Å²) in [6, 6.07) is 6.87. The Hall–Kier alpha value is -1.39. The lowest BCUT2D eigenvalue weighted by Gasteiger charge is -2.03. The molecule has 0 aliphatic heterocycles. The predicted molar refractivity (Wildman–Crippen MR) is 69.5 cm³/mol. The van der Waals surface area contributed by atoms with E-state index in [1.165, 1.54) is 11.3 Å². The molecular weight excluding hydrogens is 256 g/mol. The van der Waals surface area contributed by atoms with E-state index in [1.807, 2.05) is 12.3 Å². The van der Waals surface area contributed by atoms with Crippen molar-refractivity contribution in [3.8, 4) is 0 Å². The van der Waals surface area contributed by atoms with E-state index in [1.54, 1.807) is 24.3 Å². The molecule has 2 aromatic rings. The molecule has 1 heterocycles. The van der Waals surface area contributed by atoms with E-state index in [2.05, 4.69) is 10.3 Å². The van der Waals surface area contributed by atoms with Crippen LogP contribution in [0.25, 0.3) is 0 Å². The summed E-state index contributed by atoms with van der Waals surface area (Å²) in [6.07, 6.45) is 0. The van der Waals surface area contributed by atoms with Crippen molar-refractivity contribution in [1.82, 2.24) is 10.3 Å². The smallest absolute Gasteiger partial charge is 0.251 e. The number of nitrogens with zero attached hydrogens (tertiary/aromatic N) is 1. The van der Waals surface area contributed by atoms with Crippen molar-refractivity contribution in [3.63, 3.8) is 0 Å². The third kappa shape index (κ3) is 3.28. The van der Waals surface area contributed by atoms with Crippen LogP contribution in [-0.2, 0) is 6.54 Å². The van der Waals surface area contributed by atoms with Crippen LogP contribution in [0.3, 0.4) is 0 Å². The molecule has 88 valence electrons. The third-order valence-electron chi connectivity index (χ3n) is 2.15. The van der Waals surface area contributed by atoms with Gasteiger partial charge in [-0.25, -0.2) is 4.98 Å². The maximum absolute atomic E-state index is 11.8. The Kier molecular flexibility index (Phi) is 3.76. The van der Waals surface area contributed by atoms with Crippen LogP contribution in [0, 0.1) is 6.92 Å². The van der Waals surface area contributed by atoms with Gasteiger partial charge in [0, 0.05) is 21.7 Å². The zero-order chi connectivity index (χ0) is 12.3. The van der Waals surface area contributed by atoms with Gasteiger partial charge >= 0.3 is 0 Å². The molecular formula is C12H11ClN2OS. The predicted octanol–water partition coefficient (Wildman–Crippen LogP) is 3.03. The first-order valence-electron chi connectivity index (χ1n) is 5.10. The average Bonchev–Trinajstić information content (AvgIpc) is 2.72. The Morgan fingerprint density at radius 1 is 1.53 bits per heavy atom. The van der Waals surface area contributed by atoms with Crippen molar-refractivity contribution < 1.29 is 4.79 Å². The fourth-order valence-electron chi connectivity index (χ4n) is 1.37. The average molecular weight is 267 g/mol. The van der Waals surface area contributed by atoms with Gasteiger partial charge in [-0.3, -0.25) is 4.79 Å². The van der Waals surface area contributed by atoms with Gasteiger partial charge in [0.25, 0.3) is 5.91 Å². The zero-order valence-electron chi connectivity index (χ0n) is 9.24. The number of aromatic nitrogens is 1. The lowest BCUT2D eigenvalue weighted by atomic mass is 10.2. The molecule has 1 N–H and O–H groups in total. The van der Waals surface area contributed by atoms with Gasteiger partial charge in [0.05, 0.1) is 6.54 Å². The Morgan fingerprint density at radius 3 is 3.00 bits per heavy atom. The fourth-order valence-corrected chi connectivity index (χ4v) is 2.27. The number of amides is 1. The van der Waals surface area contributed by atoms with E-state index in [-0.39, 0.29) is 5.91 Å². The maximum atomic E-state index is 11.8. The highest BCUT2D eigenvalue weighted by atomic mass is 35.5. The molecule has 0 bridgehead atoms. The minimum atomic E-state index is -0.139. The quantitative estimate of drug-likeness (QED) is 0.928. The molecule has 2 rings (SSSR count). The van der Waals surface area contributed by atoms with Gasteiger partial charge in [0.2, 0.25) is 0 Å². The molecule has 5 heteroatoms. The van der Waals surface area contributed by atoms with Gasteiger partial charge in [-0.1, -0.05) is 17.7 Å². The first kappa shape index (κ1) is 12.1. The molecule has 1 aromatic heterocycles. The van der Waals surface area contributed by atoms with Crippen molar-refractivity contribution in [2.45, 2.75) is 13.5 Å². The van der Waals surface area contributed by atoms with E-state index in [9.17, 15) is 4.79 Å². The molecule has 0 radical (unpaired) electrons. The van der Waals surface area contributed by atoms with Crippen LogP contribution in [0.2, 0.25) is 5.02 Å². The fraction of sp³-hybridized carbons (Fsp3) is 0.167. The van der Waals surface area contributed by atoms with Crippen molar-refractivity contribution in [3.05, 3.63) is 50.9 Å². The van der Waals surface area contributed by atoms with Gasteiger partial charge in [-0.2, -0.15) is 0 Å². The number of carbonyl (C=O) groups excluding carboxylic acids is 1. The van der Waals surface area contributed by atoms with Gasteiger partial charge in [0.15, 0.2) is 0 Å². The van der Waals surface area contributed by atoms with Crippen molar-refractivity contribution in [2.75, 3.05) is 0 Å². The molecule has 0 aliphatic carbocycles. The molecule has 0 unspecified atom stereocenters. The van der Waals surface area contributed by atoms with Crippen LogP contribution in [0.15, 0.2) is 29.6 Å². The van der Waals surface area contributed by atoms with E-state index < -0.39 is 0 Å². The molecule has 1 amide bonds. The summed E-state index contributed by atoms with van der Waals surface area (Å²) < 4.78 is 0. The summed E-state index contributed by atoms with van der Waals surface area (Å²) in [7, 11) is 0. The summed E-state index contributed by atoms with van der Waals surface area (Å²) in [5.74, 6) is -0.139. The Labute approximate surface area is 108 Å². The standard InChI is InChI=1S/C12H11ClN2OS/c1-8-7-17-11(15-8)6-14-12(16)9-3-2-4-10(13)5-9/h2-5,7H,6H2,1H3,(H,14,16). The number of hydrogen-bond donors (Lipinski definition) is 1. The second kappa shape index (κ2) is 5.29. The van der Waals surface area contributed by atoms with E-state index in [4.69, 9.17) is 11.6 Å². The number of carbonyl (C=O) groups is 1. The normalized spacial score (nSPS) is 10.2. The van der Waals surface area contributed by atoms with E-state index >= 15 is 0 Å². The molecule has 0 spiro atoms. The second-order valence-electron chi connectivity index (χ2n) is 3.58. The van der Waals surface area contributed by atoms with Crippen LogP contribution in [0.4, 0.5) is 0 Å². The Bertz CT molecular complexity index is 539.